The van der Waals surface area contributed by atoms with Crippen LogP contribution >= 0.6 is 27.3 Å². The summed E-state index contributed by atoms with van der Waals surface area (Å²) in [5.74, 6) is 0.972. The molecule has 1 fully saturated rings. The summed E-state index contributed by atoms with van der Waals surface area (Å²) in [5, 5.41) is 5.08. The Morgan fingerprint density at radius 2 is 2.04 bits per heavy atom. The zero-order valence-electron chi connectivity index (χ0n) is 14.9. The molecule has 8 heteroatoms. The standard InChI is InChI=1S/C17H23BrN4O2S/c1-16(2,3)24-15(23)21-17(4)5-7-22(8-6-17)14-13-12(19-10-20-14)11(18)9-25-13/h9-10H,5-8H2,1-4H3,(H,21,23). The molecule has 0 spiro atoms. The zero-order chi connectivity index (χ0) is 18.2. The minimum Gasteiger partial charge on any atom is -0.444 e. The molecule has 6 nitrogen and oxygen atoms in total. The number of amides is 1. The quantitative estimate of drug-likeness (QED) is 0.773. The number of thiophene rings is 1. The number of hydrogen-bond donors (Lipinski definition) is 1. The van der Waals surface area contributed by atoms with Crippen LogP contribution in [0.25, 0.3) is 10.2 Å². The lowest BCUT2D eigenvalue weighted by atomic mass is 9.90. The van der Waals surface area contributed by atoms with Gasteiger partial charge in [-0.05, 0) is 56.5 Å². The number of carbonyl (C=O) groups is 1. The van der Waals surface area contributed by atoms with Gasteiger partial charge in [0.25, 0.3) is 0 Å². The number of halogens is 1. The normalized spacial score (nSPS) is 17.6. The molecule has 1 aliphatic rings. The van der Waals surface area contributed by atoms with Crippen LogP contribution in [0.5, 0.6) is 0 Å². The predicted octanol–water partition coefficient (Wildman–Crippen LogP) is 4.34. The van der Waals surface area contributed by atoms with Crippen LogP contribution in [0.3, 0.4) is 0 Å². The van der Waals surface area contributed by atoms with Crippen LogP contribution in [0.15, 0.2) is 16.2 Å². The van der Waals surface area contributed by atoms with Crippen molar-refractivity contribution in [1.82, 2.24) is 15.3 Å². The highest BCUT2D eigenvalue weighted by molar-refractivity contribution is 9.10. The molecule has 0 atom stereocenters. The Bertz CT molecular complexity index is 779. The fraction of sp³-hybridized carbons (Fsp3) is 0.588. The van der Waals surface area contributed by atoms with Crippen molar-refractivity contribution in [3.8, 4) is 0 Å². The van der Waals surface area contributed by atoms with Crippen LogP contribution in [0, 0.1) is 0 Å². The van der Waals surface area contributed by atoms with Gasteiger partial charge in [0.05, 0.1) is 9.17 Å². The summed E-state index contributed by atoms with van der Waals surface area (Å²) in [6.45, 7) is 9.35. The number of hydrogen-bond acceptors (Lipinski definition) is 6. The van der Waals surface area contributed by atoms with E-state index < -0.39 is 5.60 Å². The van der Waals surface area contributed by atoms with Crippen LogP contribution in [0.4, 0.5) is 10.6 Å². The van der Waals surface area contributed by atoms with Gasteiger partial charge in [-0.15, -0.1) is 11.3 Å². The van der Waals surface area contributed by atoms with Gasteiger partial charge in [0.2, 0.25) is 0 Å². The third kappa shape index (κ3) is 4.23. The van der Waals surface area contributed by atoms with E-state index in [1.807, 2.05) is 26.2 Å². The highest BCUT2D eigenvalue weighted by atomic mass is 79.9. The van der Waals surface area contributed by atoms with Crippen molar-refractivity contribution in [3.05, 3.63) is 16.2 Å². The van der Waals surface area contributed by atoms with Crippen molar-refractivity contribution in [1.29, 1.82) is 0 Å². The first kappa shape index (κ1) is 18.4. The summed E-state index contributed by atoms with van der Waals surface area (Å²) in [7, 11) is 0. The Kier molecular flexibility index (Phi) is 4.94. The molecule has 0 unspecified atom stereocenters. The van der Waals surface area contributed by atoms with Crippen molar-refractivity contribution >= 4 is 49.4 Å². The predicted molar refractivity (Wildman–Crippen MR) is 104 cm³/mol. The van der Waals surface area contributed by atoms with Gasteiger partial charge in [-0.25, -0.2) is 14.8 Å². The highest BCUT2D eigenvalue weighted by Gasteiger charge is 2.34. The average molecular weight is 427 g/mol. The maximum absolute atomic E-state index is 12.1. The summed E-state index contributed by atoms with van der Waals surface area (Å²) in [4.78, 5) is 23.2. The molecule has 0 aliphatic carbocycles. The molecule has 1 amide bonds. The molecule has 1 saturated heterocycles. The first-order chi connectivity index (χ1) is 11.7. The molecule has 2 aromatic heterocycles. The number of piperidine rings is 1. The number of anilines is 1. The van der Waals surface area contributed by atoms with Gasteiger partial charge in [-0.2, -0.15) is 0 Å². The second-order valence-corrected chi connectivity index (χ2v) is 9.37. The fourth-order valence-electron chi connectivity index (χ4n) is 2.92. The number of fused-ring (bicyclic) bond motifs is 1. The number of rotatable bonds is 2. The summed E-state index contributed by atoms with van der Waals surface area (Å²) >= 11 is 5.18. The van der Waals surface area contributed by atoms with Gasteiger partial charge in [0.15, 0.2) is 0 Å². The first-order valence-corrected chi connectivity index (χ1v) is 9.98. The van der Waals surface area contributed by atoms with Crippen LogP contribution in [0.2, 0.25) is 0 Å². The molecule has 0 aromatic carbocycles. The fourth-order valence-corrected chi connectivity index (χ4v) is 4.53. The molecular weight excluding hydrogens is 404 g/mol. The second kappa shape index (κ2) is 6.72. The Hall–Kier alpha value is -1.41. The van der Waals surface area contributed by atoms with Gasteiger partial charge >= 0.3 is 6.09 Å². The van der Waals surface area contributed by atoms with Gasteiger partial charge in [-0.1, -0.05) is 0 Å². The van der Waals surface area contributed by atoms with Crippen LogP contribution in [-0.4, -0.2) is 40.3 Å². The smallest absolute Gasteiger partial charge is 0.408 e. The van der Waals surface area contributed by atoms with E-state index in [0.29, 0.717) is 0 Å². The molecule has 3 heterocycles. The third-order valence-electron chi connectivity index (χ3n) is 4.26. The molecule has 3 rings (SSSR count). The van der Waals surface area contributed by atoms with Gasteiger partial charge in [0.1, 0.15) is 23.3 Å². The SMILES string of the molecule is CC1(NC(=O)OC(C)(C)C)CCN(c2ncnc3c(Br)csc23)CC1. The van der Waals surface area contributed by atoms with E-state index in [9.17, 15) is 4.79 Å². The summed E-state index contributed by atoms with van der Waals surface area (Å²) < 4.78 is 7.49. The lowest BCUT2D eigenvalue weighted by molar-refractivity contribution is 0.0448. The Morgan fingerprint density at radius 3 is 2.68 bits per heavy atom. The van der Waals surface area contributed by atoms with Gasteiger partial charge in [-0.3, -0.25) is 0 Å². The number of alkyl carbamates (subject to hydrolysis) is 1. The molecule has 1 aliphatic heterocycles. The van der Waals surface area contributed by atoms with Crippen LogP contribution in [-0.2, 0) is 4.74 Å². The molecule has 1 N–H and O–H groups in total. The topological polar surface area (TPSA) is 67.3 Å². The van der Waals surface area contributed by atoms with E-state index in [1.165, 1.54) is 0 Å². The minimum atomic E-state index is -0.486. The summed E-state index contributed by atoms with van der Waals surface area (Å²) in [5.41, 5.74) is 0.205. The van der Waals surface area contributed by atoms with Crippen molar-refractivity contribution in [2.45, 2.75) is 51.7 Å². The number of aromatic nitrogens is 2. The van der Waals surface area contributed by atoms with E-state index in [2.05, 4.69) is 43.0 Å². The molecule has 136 valence electrons. The van der Waals surface area contributed by atoms with Gasteiger partial charge in [0, 0.05) is 24.0 Å². The van der Waals surface area contributed by atoms with Crippen molar-refractivity contribution in [3.63, 3.8) is 0 Å². The molecule has 25 heavy (non-hydrogen) atoms. The summed E-state index contributed by atoms with van der Waals surface area (Å²) in [6, 6.07) is 0. The Morgan fingerprint density at radius 1 is 1.36 bits per heavy atom. The molecule has 0 bridgehead atoms. The molecular formula is C17H23BrN4O2S. The van der Waals surface area contributed by atoms with Crippen LogP contribution < -0.4 is 10.2 Å². The lowest BCUT2D eigenvalue weighted by Gasteiger charge is -2.40. The zero-order valence-corrected chi connectivity index (χ0v) is 17.3. The number of nitrogens with zero attached hydrogens (tertiary/aromatic N) is 3. The first-order valence-electron chi connectivity index (χ1n) is 8.31. The van der Waals surface area contributed by atoms with Gasteiger partial charge < -0.3 is 15.0 Å². The monoisotopic (exact) mass is 426 g/mol. The number of carbonyl (C=O) groups excluding carboxylic acids is 1. The number of nitrogens with one attached hydrogen (secondary N) is 1. The second-order valence-electron chi connectivity index (χ2n) is 7.63. The molecule has 0 saturated carbocycles. The molecule has 0 radical (unpaired) electrons. The Labute approximate surface area is 160 Å². The van der Waals surface area contributed by atoms with E-state index >= 15 is 0 Å². The third-order valence-corrected chi connectivity index (χ3v) is 6.13. The van der Waals surface area contributed by atoms with E-state index in [1.54, 1.807) is 17.7 Å². The summed E-state index contributed by atoms with van der Waals surface area (Å²) in [6.07, 6.45) is 2.94. The lowest BCUT2D eigenvalue weighted by Crippen LogP contribution is -2.54. The Balaban J connectivity index is 1.68. The van der Waals surface area contributed by atoms with Crippen molar-refractivity contribution < 1.29 is 9.53 Å². The van der Waals surface area contributed by atoms with Crippen molar-refractivity contribution in [2.75, 3.05) is 18.0 Å². The minimum absolute atomic E-state index is 0.263. The maximum atomic E-state index is 12.1. The maximum Gasteiger partial charge on any atom is 0.408 e. The molecule has 2 aromatic rings. The van der Waals surface area contributed by atoms with E-state index in [4.69, 9.17) is 4.74 Å². The largest absolute Gasteiger partial charge is 0.444 e. The van der Waals surface area contributed by atoms with Crippen molar-refractivity contribution in [2.24, 2.45) is 0 Å². The highest BCUT2D eigenvalue weighted by Crippen LogP contribution is 2.36. The number of ether oxygens (including phenoxy) is 1. The average Bonchev–Trinajstić information content (AvgIpc) is 2.87. The van der Waals surface area contributed by atoms with Crippen LogP contribution in [0.1, 0.15) is 40.5 Å². The van der Waals surface area contributed by atoms with E-state index in [0.717, 1.165) is 46.4 Å². The van der Waals surface area contributed by atoms with E-state index in [-0.39, 0.29) is 11.6 Å².